The molecule has 5 nitrogen and oxygen atoms in total. The summed E-state index contributed by atoms with van der Waals surface area (Å²) in [6, 6.07) is 3.89. The summed E-state index contributed by atoms with van der Waals surface area (Å²) in [6.07, 6.45) is 4.15. The first-order chi connectivity index (χ1) is 9.11. The smallest absolute Gasteiger partial charge is 0.232 e. The Morgan fingerprint density at radius 3 is 3.05 bits per heavy atom. The number of hydrogen-bond acceptors (Lipinski definition) is 3. The zero-order chi connectivity index (χ0) is 13.5. The first-order valence-corrected chi connectivity index (χ1v) is 6.60. The lowest BCUT2D eigenvalue weighted by atomic mass is 9.73. The van der Waals surface area contributed by atoms with Gasteiger partial charge in [0, 0.05) is 26.2 Å². The molecule has 2 aliphatic heterocycles. The Morgan fingerprint density at radius 2 is 2.21 bits per heavy atom. The van der Waals surface area contributed by atoms with E-state index in [-0.39, 0.29) is 11.8 Å². The largest absolute Gasteiger partial charge is 0.346 e. The lowest BCUT2D eigenvalue weighted by Gasteiger charge is -2.35. The third kappa shape index (κ3) is 1.99. The number of aromatic nitrogens is 1. The molecule has 1 aromatic rings. The number of hydrogen-bond donors (Lipinski definition) is 1. The summed E-state index contributed by atoms with van der Waals surface area (Å²) in [7, 11) is 1.80. The summed E-state index contributed by atoms with van der Waals surface area (Å²) in [5, 5.41) is 2.90. The van der Waals surface area contributed by atoms with Gasteiger partial charge in [0.1, 0.15) is 5.82 Å². The molecular formula is C14H17N3O2. The summed E-state index contributed by atoms with van der Waals surface area (Å²) < 4.78 is 0. The zero-order valence-corrected chi connectivity index (χ0v) is 11.0. The molecule has 0 aliphatic carbocycles. The number of nitrogens with one attached hydrogen (secondary N) is 1. The van der Waals surface area contributed by atoms with Crippen molar-refractivity contribution >= 4 is 17.6 Å². The molecule has 1 fully saturated rings. The van der Waals surface area contributed by atoms with Crippen LogP contribution in [0.1, 0.15) is 24.8 Å². The number of rotatable bonds is 0. The minimum absolute atomic E-state index is 0.0156. The van der Waals surface area contributed by atoms with E-state index in [4.69, 9.17) is 0 Å². The number of amides is 2. The van der Waals surface area contributed by atoms with Gasteiger partial charge in [-0.2, -0.15) is 0 Å². The van der Waals surface area contributed by atoms with Crippen molar-refractivity contribution in [3.05, 3.63) is 23.9 Å². The van der Waals surface area contributed by atoms with Gasteiger partial charge in [-0.25, -0.2) is 4.98 Å². The third-order valence-corrected chi connectivity index (χ3v) is 4.30. The van der Waals surface area contributed by atoms with Gasteiger partial charge in [0.2, 0.25) is 11.8 Å². The summed E-state index contributed by atoms with van der Waals surface area (Å²) in [5.41, 5.74) is 0.621. The first-order valence-electron chi connectivity index (χ1n) is 6.60. The fourth-order valence-corrected chi connectivity index (χ4v) is 2.95. The standard InChI is InChI=1S/C14H17N3O2/c1-17-8-6-14(5-4-11(17)18)9-10-3-2-7-15-12(10)16-13(14)19/h2-3,7H,4-6,8-9H2,1H3,(H,15,16,19). The highest BCUT2D eigenvalue weighted by molar-refractivity contribution is 5.98. The average molecular weight is 259 g/mol. The molecule has 2 amide bonds. The van der Waals surface area contributed by atoms with E-state index in [1.807, 2.05) is 12.1 Å². The van der Waals surface area contributed by atoms with Crippen molar-refractivity contribution < 1.29 is 9.59 Å². The Hall–Kier alpha value is -1.91. The summed E-state index contributed by atoms with van der Waals surface area (Å²) in [6.45, 7) is 0.641. The van der Waals surface area contributed by atoms with Gasteiger partial charge in [0.25, 0.3) is 0 Å². The Kier molecular flexibility index (Phi) is 2.77. The SMILES string of the molecule is CN1CCC2(CCC1=O)Cc1cccnc1NC2=O. The minimum atomic E-state index is -0.448. The molecule has 1 unspecified atom stereocenters. The van der Waals surface area contributed by atoms with Gasteiger partial charge in [-0.15, -0.1) is 0 Å². The molecule has 1 aromatic heterocycles. The average Bonchev–Trinajstić information content (AvgIpc) is 2.55. The van der Waals surface area contributed by atoms with Gasteiger partial charge in [-0.3, -0.25) is 9.59 Å². The molecule has 100 valence electrons. The molecule has 3 rings (SSSR count). The summed E-state index contributed by atoms with van der Waals surface area (Å²) in [5.74, 6) is 0.811. The second-order valence-electron chi connectivity index (χ2n) is 5.49. The molecule has 19 heavy (non-hydrogen) atoms. The van der Waals surface area contributed by atoms with Crippen molar-refractivity contribution in [1.29, 1.82) is 0 Å². The second kappa shape index (κ2) is 4.33. The van der Waals surface area contributed by atoms with Crippen LogP contribution in [-0.4, -0.2) is 35.3 Å². The van der Waals surface area contributed by atoms with E-state index < -0.39 is 5.41 Å². The van der Waals surface area contributed by atoms with E-state index in [0.717, 1.165) is 12.0 Å². The van der Waals surface area contributed by atoms with E-state index in [1.165, 1.54) is 0 Å². The van der Waals surface area contributed by atoms with Crippen molar-refractivity contribution in [2.24, 2.45) is 5.41 Å². The molecule has 0 saturated carbocycles. The van der Waals surface area contributed by atoms with E-state index in [9.17, 15) is 9.59 Å². The number of likely N-dealkylation sites (tertiary alicyclic amines) is 1. The highest BCUT2D eigenvalue weighted by atomic mass is 16.2. The molecule has 1 atom stereocenters. The summed E-state index contributed by atoms with van der Waals surface area (Å²) in [4.78, 5) is 30.1. The van der Waals surface area contributed by atoms with Gasteiger partial charge < -0.3 is 10.2 Å². The molecule has 3 heterocycles. The lowest BCUT2D eigenvalue weighted by molar-refractivity contribution is -0.129. The van der Waals surface area contributed by atoms with Gasteiger partial charge in [0.05, 0.1) is 5.41 Å². The number of carbonyl (C=O) groups is 2. The number of anilines is 1. The number of nitrogens with zero attached hydrogens (tertiary/aromatic N) is 2. The topological polar surface area (TPSA) is 62.3 Å². The Balaban J connectivity index is 1.93. The van der Waals surface area contributed by atoms with Crippen molar-refractivity contribution in [2.45, 2.75) is 25.7 Å². The zero-order valence-electron chi connectivity index (χ0n) is 11.0. The maximum Gasteiger partial charge on any atom is 0.232 e. The van der Waals surface area contributed by atoms with Crippen LogP contribution in [0.2, 0.25) is 0 Å². The Morgan fingerprint density at radius 1 is 1.37 bits per heavy atom. The van der Waals surface area contributed by atoms with Crippen molar-refractivity contribution in [3.63, 3.8) is 0 Å². The number of carbonyl (C=O) groups excluding carboxylic acids is 2. The van der Waals surface area contributed by atoms with Crippen LogP contribution in [0, 0.1) is 5.41 Å². The monoisotopic (exact) mass is 259 g/mol. The molecule has 1 spiro atoms. The number of pyridine rings is 1. The highest BCUT2D eigenvalue weighted by Crippen LogP contribution is 2.40. The van der Waals surface area contributed by atoms with Gasteiger partial charge in [0.15, 0.2) is 0 Å². The predicted octanol–water partition coefficient (Wildman–Crippen LogP) is 1.20. The van der Waals surface area contributed by atoms with E-state index in [2.05, 4.69) is 10.3 Å². The normalized spacial score (nSPS) is 26.9. The summed E-state index contributed by atoms with van der Waals surface area (Å²) >= 11 is 0. The van der Waals surface area contributed by atoms with Crippen LogP contribution >= 0.6 is 0 Å². The van der Waals surface area contributed by atoms with Crippen LogP contribution < -0.4 is 5.32 Å². The molecule has 1 saturated heterocycles. The Bertz CT molecular complexity index is 543. The number of fused-ring (bicyclic) bond motifs is 1. The van der Waals surface area contributed by atoms with E-state index >= 15 is 0 Å². The molecule has 0 radical (unpaired) electrons. The van der Waals surface area contributed by atoms with Crippen LogP contribution in [0.15, 0.2) is 18.3 Å². The molecule has 0 bridgehead atoms. The third-order valence-electron chi connectivity index (χ3n) is 4.30. The first kappa shape index (κ1) is 12.1. The molecule has 5 heteroatoms. The van der Waals surface area contributed by atoms with Crippen LogP contribution in [-0.2, 0) is 16.0 Å². The van der Waals surface area contributed by atoms with Crippen LogP contribution in [0.4, 0.5) is 5.82 Å². The van der Waals surface area contributed by atoms with Crippen LogP contribution in [0.25, 0.3) is 0 Å². The van der Waals surface area contributed by atoms with Crippen molar-refractivity contribution in [2.75, 3.05) is 18.9 Å². The maximum atomic E-state index is 12.4. The second-order valence-corrected chi connectivity index (χ2v) is 5.49. The quantitative estimate of drug-likeness (QED) is 0.761. The van der Waals surface area contributed by atoms with Gasteiger partial charge in [-0.1, -0.05) is 6.07 Å². The van der Waals surface area contributed by atoms with E-state index in [0.29, 0.717) is 31.6 Å². The molecule has 0 aromatic carbocycles. The molecular weight excluding hydrogens is 242 g/mol. The lowest BCUT2D eigenvalue weighted by Crippen LogP contribution is -2.42. The predicted molar refractivity (Wildman–Crippen MR) is 70.5 cm³/mol. The highest BCUT2D eigenvalue weighted by Gasteiger charge is 2.44. The fourth-order valence-electron chi connectivity index (χ4n) is 2.95. The van der Waals surface area contributed by atoms with E-state index in [1.54, 1.807) is 18.1 Å². The van der Waals surface area contributed by atoms with Crippen LogP contribution in [0.5, 0.6) is 0 Å². The minimum Gasteiger partial charge on any atom is -0.346 e. The van der Waals surface area contributed by atoms with Gasteiger partial charge >= 0.3 is 0 Å². The maximum absolute atomic E-state index is 12.4. The Labute approximate surface area is 112 Å². The van der Waals surface area contributed by atoms with Crippen molar-refractivity contribution in [1.82, 2.24) is 9.88 Å². The molecule has 2 aliphatic rings. The van der Waals surface area contributed by atoms with Crippen LogP contribution in [0.3, 0.4) is 0 Å². The molecule has 1 N–H and O–H groups in total. The van der Waals surface area contributed by atoms with Crippen molar-refractivity contribution in [3.8, 4) is 0 Å². The van der Waals surface area contributed by atoms with Gasteiger partial charge in [-0.05, 0) is 30.9 Å². The fraction of sp³-hybridized carbons (Fsp3) is 0.500.